The highest BCUT2D eigenvalue weighted by Crippen LogP contribution is 2.33. The number of nitrogens with one attached hydrogen (secondary N) is 1. The van der Waals surface area contributed by atoms with Crippen molar-refractivity contribution in [3.8, 4) is 10.4 Å². The van der Waals surface area contributed by atoms with Crippen molar-refractivity contribution in [2.75, 3.05) is 6.54 Å². The minimum absolute atomic E-state index is 0.497. The standard InChI is InChI=1S/C17H24N2S/c1-4-6-15(19-9-5-2)17-8-7-16(20-17)14-10-13(3)11-18-12-14/h7-8,10-12,15,19H,4-6,9H2,1-3H3. The van der Waals surface area contributed by atoms with Gasteiger partial charge in [0.05, 0.1) is 0 Å². The van der Waals surface area contributed by atoms with Gasteiger partial charge in [-0.2, -0.15) is 0 Å². The molecule has 1 N–H and O–H groups in total. The molecular weight excluding hydrogens is 264 g/mol. The molecule has 0 aliphatic heterocycles. The van der Waals surface area contributed by atoms with Gasteiger partial charge in [-0.05, 0) is 50.1 Å². The van der Waals surface area contributed by atoms with Crippen LogP contribution >= 0.6 is 11.3 Å². The lowest BCUT2D eigenvalue weighted by molar-refractivity contribution is 0.501. The van der Waals surface area contributed by atoms with E-state index in [1.807, 2.05) is 23.7 Å². The molecule has 0 spiro atoms. The molecule has 0 saturated heterocycles. The molecule has 0 bridgehead atoms. The number of hydrogen-bond acceptors (Lipinski definition) is 3. The predicted octanol–water partition coefficient (Wildman–Crippen LogP) is 4.96. The molecule has 0 saturated carbocycles. The Morgan fingerprint density at radius 1 is 1.20 bits per heavy atom. The van der Waals surface area contributed by atoms with E-state index in [1.54, 1.807) is 0 Å². The molecule has 0 aliphatic carbocycles. The summed E-state index contributed by atoms with van der Waals surface area (Å²) in [4.78, 5) is 7.05. The minimum Gasteiger partial charge on any atom is -0.309 e. The van der Waals surface area contributed by atoms with Gasteiger partial charge in [0.1, 0.15) is 0 Å². The van der Waals surface area contributed by atoms with E-state index in [4.69, 9.17) is 0 Å². The monoisotopic (exact) mass is 288 g/mol. The maximum absolute atomic E-state index is 4.29. The Kier molecular flexibility index (Phi) is 5.74. The summed E-state index contributed by atoms with van der Waals surface area (Å²) < 4.78 is 0. The second kappa shape index (κ2) is 7.55. The molecule has 3 heteroatoms. The summed E-state index contributed by atoms with van der Waals surface area (Å²) >= 11 is 1.89. The fraction of sp³-hybridized carbons (Fsp3) is 0.471. The molecule has 1 unspecified atom stereocenters. The molecule has 20 heavy (non-hydrogen) atoms. The topological polar surface area (TPSA) is 24.9 Å². The van der Waals surface area contributed by atoms with E-state index in [0.717, 1.165) is 6.54 Å². The Morgan fingerprint density at radius 3 is 2.75 bits per heavy atom. The van der Waals surface area contributed by atoms with Gasteiger partial charge >= 0.3 is 0 Å². The predicted molar refractivity (Wildman–Crippen MR) is 88.2 cm³/mol. The highest BCUT2D eigenvalue weighted by Gasteiger charge is 2.13. The molecule has 0 aliphatic rings. The number of thiophene rings is 1. The average molecular weight is 288 g/mol. The van der Waals surface area contributed by atoms with Gasteiger partial charge in [-0.15, -0.1) is 11.3 Å². The normalized spacial score (nSPS) is 12.6. The van der Waals surface area contributed by atoms with Crippen LogP contribution in [0.25, 0.3) is 10.4 Å². The van der Waals surface area contributed by atoms with E-state index in [0.29, 0.717) is 6.04 Å². The van der Waals surface area contributed by atoms with E-state index in [9.17, 15) is 0 Å². The zero-order chi connectivity index (χ0) is 14.4. The number of nitrogens with zero attached hydrogens (tertiary/aromatic N) is 1. The molecule has 0 fully saturated rings. The fourth-order valence-electron chi connectivity index (χ4n) is 2.34. The summed E-state index contributed by atoms with van der Waals surface area (Å²) in [5.74, 6) is 0. The molecule has 2 rings (SSSR count). The van der Waals surface area contributed by atoms with Crippen molar-refractivity contribution in [2.45, 2.75) is 46.1 Å². The zero-order valence-corrected chi connectivity index (χ0v) is 13.5. The van der Waals surface area contributed by atoms with Crippen LogP contribution < -0.4 is 5.32 Å². The maximum Gasteiger partial charge on any atom is 0.0414 e. The van der Waals surface area contributed by atoms with Gasteiger partial charge in [0.2, 0.25) is 0 Å². The molecule has 0 amide bonds. The quantitative estimate of drug-likeness (QED) is 0.779. The van der Waals surface area contributed by atoms with Crippen LogP contribution in [0.1, 0.15) is 49.6 Å². The van der Waals surface area contributed by atoms with Crippen LogP contribution in [0.2, 0.25) is 0 Å². The highest BCUT2D eigenvalue weighted by atomic mass is 32.1. The van der Waals surface area contributed by atoms with Gasteiger partial charge in [0.15, 0.2) is 0 Å². The first-order valence-corrected chi connectivity index (χ1v) is 8.31. The third-order valence-electron chi connectivity index (χ3n) is 3.35. The van der Waals surface area contributed by atoms with Crippen LogP contribution in [-0.2, 0) is 0 Å². The lowest BCUT2D eigenvalue weighted by Crippen LogP contribution is -2.21. The summed E-state index contributed by atoms with van der Waals surface area (Å²) in [6, 6.07) is 7.20. The van der Waals surface area contributed by atoms with Crippen LogP contribution in [0.5, 0.6) is 0 Å². The van der Waals surface area contributed by atoms with Crippen LogP contribution in [0.15, 0.2) is 30.6 Å². The number of pyridine rings is 1. The summed E-state index contributed by atoms with van der Waals surface area (Å²) in [5.41, 5.74) is 2.44. The van der Waals surface area contributed by atoms with Crippen molar-refractivity contribution in [2.24, 2.45) is 0 Å². The number of rotatable bonds is 7. The van der Waals surface area contributed by atoms with Crippen molar-refractivity contribution in [3.63, 3.8) is 0 Å². The van der Waals surface area contributed by atoms with Crippen molar-refractivity contribution >= 4 is 11.3 Å². The SMILES string of the molecule is CCCNC(CCC)c1ccc(-c2cncc(C)c2)s1. The van der Waals surface area contributed by atoms with Gasteiger partial charge in [-0.3, -0.25) is 4.98 Å². The smallest absolute Gasteiger partial charge is 0.0414 e. The molecule has 2 aromatic heterocycles. The van der Waals surface area contributed by atoms with E-state index in [-0.39, 0.29) is 0 Å². The van der Waals surface area contributed by atoms with Crippen LogP contribution in [0, 0.1) is 6.92 Å². The Balaban J connectivity index is 2.17. The largest absolute Gasteiger partial charge is 0.309 e. The van der Waals surface area contributed by atoms with Crippen LogP contribution in [-0.4, -0.2) is 11.5 Å². The van der Waals surface area contributed by atoms with Crippen LogP contribution in [0.3, 0.4) is 0 Å². The summed E-state index contributed by atoms with van der Waals surface area (Å²) in [6.45, 7) is 7.64. The van der Waals surface area contributed by atoms with Gasteiger partial charge in [0, 0.05) is 33.8 Å². The molecule has 2 heterocycles. The number of aromatic nitrogens is 1. The molecule has 108 valence electrons. The number of aryl methyl sites for hydroxylation is 1. The van der Waals surface area contributed by atoms with E-state index in [1.165, 1.54) is 40.1 Å². The third-order valence-corrected chi connectivity index (χ3v) is 4.60. The molecule has 0 radical (unpaired) electrons. The third kappa shape index (κ3) is 3.90. The van der Waals surface area contributed by atoms with Crippen molar-refractivity contribution < 1.29 is 0 Å². The molecule has 2 aromatic rings. The first kappa shape index (κ1) is 15.2. The average Bonchev–Trinajstić information content (AvgIpc) is 2.93. The van der Waals surface area contributed by atoms with Gasteiger partial charge < -0.3 is 5.32 Å². The van der Waals surface area contributed by atoms with Gasteiger partial charge in [-0.25, -0.2) is 0 Å². The van der Waals surface area contributed by atoms with Crippen molar-refractivity contribution in [1.29, 1.82) is 0 Å². The number of hydrogen-bond donors (Lipinski definition) is 1. The maximum atomic E-state index is 4.29. The Bertz CT molecular complexity index is 533. The van der Waals surface area contributed by atoms with Gasteiger partial charge in [0.25, 0.3) is 0 Å². The molecular formula is C17H24N2S. The first-order valence-electron chi connectivity index (χ1n) is 7.49. The van der Waals surface area contributed by atoms with Gasteiger partial charge in [-0.1, -0.05) is 20.3 Å². The highest BCUT2D eigenvalue weighted by molar-refractivity contribution is 7.15. The summed E-state index contributed by atoms with van der Waals surface area (Å²) in [5, 5.41) is 3.66. The second-order valence-electron chi connectivity index (χ2n) is 5.25. The Hall–Kier alpha value is -1.19. The fourth-order valence-corrected chi connectivity index (χ4v) is 3.44. The molecule has 1 atom stereocenters. The Morgan fingerprint density at radius 2 is 2.05 bits per heavy atom. The summed E-state index contributed by atoms with van der Waals surface area (Å²) in [6.07, 6.45) is 7.45. The Labute approximate surface area is 126 Å². The second-order valence-corrected chi connectivity index (χ2v) is 6.36. The van der Waals surface area contributed by atoms with E-state index >= 15 is 0 Å². The summed E-state index contributed by atoms with van der Waals surface area (Å²) in [7, 11) is 0. The van der Waals surface area contributed by atoms with Crippen molar-refractivity contribution in [1.82, 2.24) is 10.3 Å². The molecule has 0 aromatic carbocycles. The van der Waals surface area contributed by atoms with Crippen molar-refractivity contribution in [3.05, 3.63) is 41.0 Å². The molecule has 2 nitrogen and oxygen atoms in total. The minimum atomic E-state index is 0.497. The van der Waals surface area contributed by atoms with E-state index in [2.05, 4.69) is 49.3 Å². The first-order chi connectivity index (χ1) is 9.74. The lowest BCUT2D eigenvalue weighted by atomic mass is 10.1. The lowest BCUT2D eigenvalue weighted by Gasteiger charge is -2.16. The van der Waals surface area contributed by atoms with Crippen LogP contribution in [0.4, 0.5) is 0 Å². The van der Waals surface area contributed by atoms with E-state index < -0.39 is 0 Å². The zero-order valence-electron chi connectivity index (χ0n) is 12.6.